The van der Waals surface area contributed by atoms with Gasteiger partial charge in [-0.05, 0) is 23.2 Å². The number of anilines is 1. The molecule has 0 spiro atoms. The zero-order valence-corrected chi connectivity index (χ0v) is 10.6. The molecule has 0 unspecified atom stereocenters. The van der Waals surface area contributed by atoms with Crippen molar-refractivity contribution in [1.29, 1.82) is 0 Å². The molecule has 0 saturated heterocycles. The molecule has 0 fully saturated rings. The van der Waals surface area contributed by atoms with E-state index in [1.807, 2.05) is 18.2 Å². The minimum absolute atomic E-state index is 0.148. The van der Waals surface area contributed by atoms with Crippen LogP contribution in [0.1, 0.15) is 5.56 Å². The largest absolute Gasteiger partial charge is 0.444 e. The standard InChI is InChI=1S/C14H12N4O2/c15-18-17-13-8-6-11(7-9-13)10-20-14(19)16-12-4-2-1-3-5-12/h1-9H,10H2,(H,16,19). The Bertz CT molecular complexity index is 619. The molecule has 1 N–H and O–H groups in total. The molecule has 6 nitrogen and oxygen atoms in total. The van der Waals surface area contributed by atoms with E-state index in [4.69, 9.17) is 10.3 Å². The van der Waals surface area contributed by atoms with Crippen molar-refractivity contribution in [3.8, 4) is 0 Å². The molecule has 20 heavy (non-hydrogen) atoms. The highest BCUT2D eigenvalue weighted by Crippen LogP contribution is 2.14. The Labute approximate surface area is 115 Å². The zero-order chi connectivity index (χ0) is 14.2. The summed E-state index contributed by atoms with van der Waals surface area (Å²) < 4.78 is 5.08. The monoisotopic (exact) mass is 268 g/mol. The van der Waals surface area contributed by atoms with Gasteiger partial charge in [-0.3, -0.25) is 5.32 Å². The average Bonchev–Trinajstić information content (AvgIpc) is 2.48. The fourth-order valence-corrected chi connectivity index (χ4v) is 1.53. The van der Waals surface area contributed by atoms with E-state index in [0.29, 0.717) is 11.4 Å². The van der Waals surface area contributed by atoms with Crippen LogP contribution in [0.5, 0.6) is 0 Å². The Morgan fingerprint density at radius 3 is 2.50 bits per heavy atom. The Morgan fingerprint density at radius 2 is 1.85 bits per heavy atom. The number of carbonyl (C=O) groups excluding carboxylic acids is 1. The topological polar surface area (TPSA) is 87.1 Å². The SMILES string of the molecule is [N-]=[N+]=Nc1ccc(COC(=O)Nc2ccccc2)cc1. The van der Waals surface area contributed by atoms with Gasteiger partial charge in [-0.2, -0.15) is 0 Å². The number of hydrogen-bond donors (Lipinski definition) is 1. The quantitative estimate of drug-likeness (QED) is 0.506. The number of amides is 1. The summed E-state index contributed by atoms with van der Waals surface area (Å²) in [6, 6.07) is 15.8. The lowest BCUT2D eigenvalue weighted by Gasteiger charge is -2.07. The van der Waals surface area contributed by atoms with Gasteiger partial charge in [0.15, 0.2) is 0 Å². The van der Waals surface area contributed by atoms with Gasteiger partial charge in [0, 0.05) is 16.3 Å². The van der Waals surface area contributed by atoms with E-state index in [9.17, 15) is 4.79 Å². The highest BCUT2D eigenvalue weighted by Gasteiger charge is 2.03. The average molecular weight is 268 g/mol. The minimum atomic E-state index is -0.518. The molecule has 1 amide bonds. The number of nitrogens with one attached hydrogen (secondary N) is 1. The molecule has 0 aliphatic carbocycles. The van der Waals surface area contributed by atoms with E-state index in [-0.39, 0.29) is 6.61 Å². The van der Waals surface area contributed by atoms with Crippen LogP contribution in [0.15, 0.2) is 59.7 Å². The molecule has 2 rings (SSSR count). The van der Waals surface area contributed by atoms with Crippen molar-refractivity contribution in [3.05, 3.63) is 70.6 Å². The van der Waals surface area contributed by atoms with E-state index in [0.717, 1.165) is 5.56 Å². The molecule has 0 aliphatic rings. The molecule has 0 atom stereocenters. The number of hydrogen-bond acceptors (Lipinski definition) is 3. The van der Waals surface area contributed by atoms with E-state index in [1.165, 1.54) is 0 Å². The van der Waals surface area contributed by atoms with Crippen LogP contribution in [-0.2, 0) is 11.3 Å². The summed E-state index contributed by atoms with van der Waals surface area (Å²) in [7, 11) is 0. The molecule has 2 aromatic rings. The second-order valence-corrected chi connectivity index (χ2v) is 3.92. The Hall–Kier alpha value is -2.98. The lowest BCUT2D eigenvalue weighted by Crippen LogP contribution is -2.13. The van der Waals surface area contributed by atoms with Gasteiger partial charge in [0.2, 0.25) is 0 Å². The maximum absolute atomic E-state index is 11.6. The molecule has 0 radical (unpaired) electrons. The lowest BCUT2D eigenvalue weighted by molar-refractivity contribution is 0.155. The van der Waals surface area contributed by atoms with Crippen LogP contribution in [-0.4, -0.2) is 6.09 Å². The Kier molecular flexibility index (Phi) is 4.59. The Morgan fingerprint density at radius 1 is 1.15 bits per heavy atom. The van der Waals surface area contributed by atoms with Gasteiger partial charge in [-0.15, -0.1) is 0 Å². The van der Waals surface area contributed by atoms with Gasteiger partial charge in [-0.1, -0.05) is 47.6 Å². The van der Waals surface area contributed by atoms with Crippen LogP contribution in [0.4, 0.5) is 16.2 Å². The van der Waals surface area contributed by atoms with Gasteiger partial charge < -0.3 is 4.74 Å². The maximum Gasteiger partial charge on any atom is 0.411 e. The smallest absolute Gasteiger partial charge is 0.411 e. The van der Waals surface area contributed by atoms with E-state index < -0.39 is 6.09 Å². The molecule has 0 bridgehead atoms. The molecule has 0 aromatic heterocycles. The van der Waals surface area contributed by atoms with Gasteiger partial charge in [0.1, 0.15) is 6.61 Å². The zero-order valence-electron chi connectivity index (χ0n) is 10.6. The normalized spacial score (nSPS) is 9.40. The first-order valence-electron chi connectivity index (χ1n) is 5.91. The summed E-state index contributed by atoms with van der Waals surface area (Å²) in [4.78, 5) is 14.2. The molecule has 0 saturated carbocycles. The number of ether oxygens (including phenoxy) is 1. The summed E-state index contributed by atoms with van der Waals surface area (Å²) in [5, 5.41) is 6.08. The molecule has 0 aliphatic heterocycles. The third kappa shape index (κ3) is 4.04. The molecule has 0 heterocycles. The number of carbonyl (C=O) groups is 1. The van der Waals surface area contributed by atoms with E-state index >= 15 is 0 Å². The van der Waals surface area contributed by atoms with Crippen molar-refractivity contribution in [3.63, 3.8) is 0 Å². The van der Waals surface area contributed by atoms with Gasteiger partial charge >= 0.3 is 6.09 Å². The second kappa shape index (κ2) is 6.82. The number of benzene rings is 2. The molecule has 100 valence electrons. The fourth-order valence-electron chi connectivity index (χ4n) is 1.53. The van der Waals surface area contributed by atoms with Crippen LogP contribution in [0, 0.1) is 0 Å². The van der Waals surface area contributed by atoms with Crippen molar-refractivity contribution in [1.82, 2.24) is 0 Å². The van der Waals surface area contributed by atoms with Gasteiger partial charge in [0.05, 0.1) is 0 Å². The van der Waals surface area contributed by atoms with E-state index in [1.54, 1.807) is 36.4 Å². The predicted octanol–water partition coefficient (Wildman–Crippen LogP) is 4.38. The van der Waals surface area contributed by atoms with Crippen molar-refractivity contribution in [2.75, 3.05) is 5.32 Å². The van der Waals surface area contributed by atoms with Crippen molar-refractivity contribution in [2.24, 2.45) is 5.11 Å². The molecular formula is C14H12N4O2. The number of para-hydroxylation sites is 1. The van der Waals surface area contributed by atoms with Crippen LogP contribution >= 0.6 is 0 Å². The van der Waals surface area contributed by atoms with E-state index in [2.05, 4.69) is 15.3 Å². The first kappa shape index (κ1) is 13.5. The third-order valence-corrected chi connectivity index (χ3v) is 2.49. The summed E-state index contributed by atoms with van der Waals surface area (Å²) in [6.45, 7) is 0.148. The highest BCUT2D eigenvalue weighted by molar-refractivity contribution is 5.84. The number of rotatable bonds is 4. The molecular weight excluding hydrogens is 256 g/mol. The van der Waals surface area contributed by atoms with Crippen LogP contribution in [0.2, 0.25) is 0 Å². The fraction of sp³-hybridized carbons (Fsp3) is 0.0714. The minimum Gasteiger partial charge on any atom is -0.444 e. The first-order chi connectivity index (χ1) is 9.78. The summed E-state index contributed by atoms with van der Waals surface area (Å²) in [5.41, 5.74) is 10.3. The predicted molar refractivity (Wildman–Crippen MR) is 75.5 cm³/mol. The third-order valence-electron chi connectivity index (χ3n) is 2.49. The van der Waals surface area contributed by atoms with Crippen molar-refractivity contribution >= 4 is 17.5 Å². The van der Waals surface area contributed by atoms with Crippen molar-refractivity contribution in [2.45, 2.75) is 6.61 Å². The number of azide groups is 1. The molecule has 6 heteroatoms. The van der Waals surface area contributed by atoms with Crippen molar-refractivity contribution < 1.29 is 9.53 Å². The van der Waals surface area contributed by atoms with Crippen LogP contribution in [0.25, 0.3) is 10.4 Å². The highest BCUT2D eigenvalue weighted by atomic mass is 16.5. The Balaban J connectivity index is 1.85. The van der Waals surface area contributed by atoms with Crippen LogP contribution in [0.3, 0.4) is 0 Å². The summed E-state index contributed by atoms with van der Waals surface area (Å²) in [6.07, 6.45) is -0.518. The summed E-state index contributed by atoms with van der Waals surface area (Å²) in [5.74, 6) is 0. The first-order valence-corrected chi connectivity index (χ1v) is 5.91. The van der Waals surface area contributed by atoms with Crippen LogP contribution < -0.4 is 5.32 Å². The number of nitrogens with zero attached hydrogens (tertiary/aromatic N) is 3. The van der Waals surface area contributed by atoms with Gasteiger partial charge in [-0.25, -0.2) is 4.79 Å². The maximum atomic E-state index is 11.6. The second-order valence-electron chi connectivity index (χ2n) is 3.92. The van der Waals surface area contributed by atoms with Gasteiger partial charge in [0.25, 0.3) is 0 Å². The lowest BCUT2D eigenvalue weighted by atomic mass is 10.2. The molecule has 2 aromatic carbocycles. The summed E-state index contributed by atoms with van der Waals surface area (Å²) >= 11 is 0.